The van der Waals surface area contributed by atoms with Crippen molar-refractivity contribution in [3.05, 3.63) is 36.0 Å². The zero-order valence-corrected chi connectivity index (χ0v) is 15.2. The Hall–Kier alpha value is -1.95. The van der Waals surface area contributed by atoms with Crippen molar-refractivity contribution >= 4 is 34.5 Å². The third-order valence-electron chi connectivity index (χ3n) is 4.01. The van der Waals surface area contributed by atoms with Crippen LogP contribution in [0, 0.1) is 6.92 Å². The Morgan fingerprint density at radius 3 is 2.79 bits per heavy atom. The number of rotatable bonds is 8. The first-order valence-electron chi connectivity index (χ1n) is 7.97. The van der Waals surface area contributed by atoms with Crippen molar-refractivity contribution in [3.63, 3.8) is 0 Å². The number of benzene rings is 1. The molecule has 0 aliphatic rings. The average Bonchev–Trinajstić information content (AvgIpc) is 2.91. The number of para-hydroxylation sites is 1. The molecule has 130 valence electrons. The number of thioether (sulfide) groups is 1. The monoisotopic (exact) mass is 348 g/mol. The summed E-state index contributed by atoms with van der Waals surface area (Å²) in [6.45, 7) is 2.62. The van der Waals surface area contributed by atoms with Crippen LogP contribution in [0.2, 0.25) is 0 Å². The number of ether oxygens (including phenoxy) is 1. The Morgan fingerprint density at radius 2 is 2.08 bits per heavy atom. The molecular weight excluding hydrogens is 324 g/mol. The van der Waals surface area contributed by atoms with Gasteiger partial charge in [-0.3, -0.25) is 4.79 Å². The molecule has 0 saturated carbocycles. The fourth-order valence-corrected chi connectivity index (χ4v) is 3.22. The van der Waals surface area contributed by atoms with Crippen molar-refractivity contribution < 1.29 is 14.3 Å². The standard InChI is InChI=1S/C18H24N2O3S/c1-13-12-14-6-4-5-7-16(14)20(13)10-8-17(21)19-15(9-11-24-3)18(22)23-2/h4-7,12,15H,8-11H2,1-3H3,(H,19,21)/t15-/m0/s1. The number of hydrogen-bond acceptors (Lipinski definition) is 4. The first-order chi connectivity index (χ1) is 11.6. The zero-order chi connectivity index (χ0) is 17.5. The van der Waals surface area contributed by atoms with Crippen LogP contribution < -0.4 is 5.32 Å². The SMILES string of the molecule is COC(=O)[C@H](CCSC)NC(=O)CCn1c(C)cc2ccccc21. The molecule has 1 atom stereocenters. The van der Waals surface area contributed by atoms with Gasteiger partial charge in [-0.25, -0.2) is 4.79 Å². The summed E-state index contributed by atoms with van der Waals surface area (Å²) in [6.07, 6.45) is 2.87. The minimum Gasteiger partial charge on any atom is -0.467 e. The van der Waals surface area contributed by atoms with Gasteiger partial charge in [-0.1, -0.05) is 18.2 Å². The Morgan fingerprint density at radius 1 is 1.33 bits per heavy atom. The van der Waals surface area contributed by atoms with E-state index in [2.05, 4.69) is 28.1 Å². The molecule has 0 unspecified atom stereocenters. The van der Waals surface area contributed by atoms with Gasteiger partial charge in [0, 0.05) is 24.2 Å². The van der Waals surface area contributed by atoms with Gasteiger partial charge in [0.25, 0.3) is 0 Å². The minimum absolute atomic E-state index is 0.135. The minimum atomic E-state index is -0.572. The number of methoxy groups -OCH3 is 1. The molecule has 2 aromatic rings. The summed E-state index contributed by atoms with van der Waals surface area (Å²) < 4.78 is 6.90. The first kappa shape index (κ1) is 18.4. The fourth-order valence-electron chi connectivity index (χ4n) is 2.75. The Balaban J connectivity index is 1.98. The van der Waals surface area contributed by atoms with Gasteiger partial charge >= 0.3 is 5.97 Å². The molecule has 1 aromatic heterocycles. The van der Waals surface area contributed by atoms with Crippen LogP contribution in [-0.2, 0) is 20.9 Å². The predicted molar refractivity (Wildman–Crippen MR) is 98.2 cm³/mol. The van der Waals surface area contributed by atoms with Crippen LogP contribution in [-0.4, -0.2) is 41.6 Å². The van der Waals surface area contributed by atoms with E-state index in [0.717, 1.165) is 17.0 Å². The molecule has 0 bridgehead atoms. The average molecular weight is 348 g/mol. The predicted octanol–water partition coefficient (Wildman–Crippen LogP) is 2.75. The van der Waals surface area contributed by atoms with E-state index in [9.17, 15) is 9.59 Å². The lowest BCUT2D eigenvalue weighted by Gasteiger charge is -2.16. The number of aryl methyl sites for hydroxylation is 2. The Labute approximate surface area is 146 Å². The van der Waals surface area contributed by atoms with Gasteiger partial charge in [-0.05, 0) is 42.9 Å². The molecule has 24 heavy (non-hydrogen) atoms. The van der Waals surface area contributed by atoms with E-state index >= 15 is 0 Å². The molecule has 1 heterocycles. The van der Waals surface area contributed by atoms with Crippen LogP contribution in [0.1, 0.15) is 18.5 Å². The highest BCUT2D eigenvalue weighted by atomic mass is 32.2. The number of fused-ring (bicyclic) bond motifs is 1. The quantitative estimate of drug-likeness (QED) is 0.745. The summed E-state index contributed by atoms with van der Waals surface area (Å²) in [4.78, 5) is 24.0. The lowest BCUT2D eigenvalue weighted by molar-refractivity contribution is -0.145. The van der Waals surface area contributed by atoms with Gasteiger partial charge in [-0.2, -0.15) is 11.8 Å². The molecule has 0 aliphatic heterocycles. The van der Waals surface area contributed by atoms with Crippen LogP contribution in [0.25, 0.3) is 10.9 Å². The maximum atomic E-state index is 12.2. The van der Waals surface area contributed by atoms with Gasteiger partial charge in [0.05, 0.1) is 7.11 Å². The second-order valence-electron chi connectivity index (χ2n) is 5.67. The van der Waals surface area contributed by atoms with Gasteiger partial charge in [0.1, 0.15) is 6.04 Å². The van der Waals surface area contributed by atoms with Crippen molar-refractivity contribution in [1.29, 1.82) is 0 Å². The van der Waals surface area contributed by atoms with Gasteiger partial charge in [-0.15, -0.1) is 0 Å². The van der Waals surface area contributed by atoms with E-state index in [0.29, 0.717) is 19.4 Å². The lowest BCUT2D eigenvalue weighted by atomic mass is 10.2. The Kier molecular flexibility index (Phi) is 6.73. The van der Waals surface area contributed by atoms with Crippen LogP contribution in [0.5, 0.6) is 0 Å². The number of nitrogens with zero attached hydrogens (tertiary/aromatic N) is 1. The Bertz CT molecular complexity index is 711. The van der Waals surface area contributed by atoms with Crippen LogP contribution in [0.15, 0.2) is 30.3 Å². The number of nitrogens with one attached hydrogen (secondary N) is 1. The number of amides is 1. The first-order valence-corrected chi connectivity index (χ1v) is 9.37. The second kappa shape index (κ2) is 8.78. The largest absolute Gasteiger partial charge is 0.467 e. The van der Waals surface area contributed by atoms with Gasteiger partial charge in [0.2, 0.25) is 5.91 Å². The van der Waals surface area contributed by atoms with E-state index in [1.165, 1.54) is 12.5 Å². The molecule has 0 saturated heterocycles. The van der Waals surface area contributed by atoms with Gasteiger partial charge < -0.3 is 14.6 Å². The van der Waals surface area contributed by atoms with E-state index < -0.39 is 6.04 Å². The highest BCUT2D eigenvalue weighted by Crippen LogP contribution is 2.19. The summed E-state index contributed by atoms with van der Waals surface area (Å²) in [6, 6.07) is 9.66. The highest BCUT2D eigenvalue weighted by Gasteiger charge is 2.21. The van der Waals surface area contributed by atoms with Crippen molar-refractivity contribution in [2.24, 2.45) is 0 Å². The molecular formula is C18H24N2O3S. The molecule has 1 N–H and O–H groups in total. The number of esters is 1. The number of aromatic nitrogens is 1. The van der Waals surface area contributed by atoms with E-state index in [4.69, 9.17) is 4.74 Å². The van der Waals surface area contributed by atoms with Crippen molar-refractivity contribution in [2.45, 2.75) is 32.4 Å². The lowest BCUT2D eigenvalue weighted by Crippen LogP contribution is -2.42. The number of hydrogen-bond donors (Lipinski definition) is 1. The van der Waals surface area contributed by atoms with E-state index in [1.54, 1.807) is 11.8 Å². The fraction of sp³-hybridized carbons (Fsp3) is 0.444. The molecule has 5 nitrogen and oxygen atoms in total. The normalized spacial score (nSPS) is 12.1. The van der Waals surface area contributed by atoms with Crippen LogP contribution in [0.3, 0.4) is 0 Å². The van der Waals surface area contributed by atoms with Crippen LogP contribution in [0.4, 0.5) is 0 Å². The summed E-state index contributed by atoms with van der Waals surface area (Å²) >= 11 is 1.64. The summed E-state index contributed by atoms with van der Waals surface area (Å²) in [7, 11) is 1.34. The molecule has 6 heteroatoms. The highest BCUT2D eigenvalue weighted by molar-refractivity contribution is 7.98. The van der Waals surface area contributed by atoms with E-state index in [1.807, 2.05) is 25.3 Å². The number of carbonyl (C=O) groups is 2. The molecule has 1 amide bonds. The van der Waals surface area contributed by atoms with Gasteiger partial charge in [0.15, 0.2) is 0 Å². The van der Waals surface area contributed by atoms with Crippen molar-refractivity contribution in [1.82, 2.24) is 9.88 Å². The topological polar surface area (TPSA) is 60.3 Å². The molecule has 0 fully saturated rings. The molecule has 0 radical (unpaired) electrons. The summed E-state index contributed by atoms with van der Waals surface area (Å²) in [5, 5.41) is 3.96. The molecule has 2 rings (SSSR count). The second-order valence-corrected chi connectivity index (χ2v) is 6.66. The van der Waals surface area contributed by atoms with Crippen molar-refractivity contribution in [2.75, 3.05) is 19.1 Å². The number of carbonyl (C=O) groups excluding carboxylic acids is 2. The summed E-state index contributed by atoms with van der Waals surface area (Å²) in [5.41, 5.74) is 2.24. The smallest absolute Gasteiger partial charge is 0.328 e. The van der Waals surface area contributed by atoms with Crippen molar-refractivity contribution in [3.8, 4) is 0 Å². The maximum Gasteiger partial charge on any atom is 0.328 e. The maximum absolute atomic E-state index is 12.2. The third kappa shape index (κ3) is 4.54. The summed E-state index contributed by atoms with van der Waals surface area (Å²) in [5.74, 6) is 0.269. The molecule has 0 aliphatic carbocycles. The van der Waals surface area contributed by atoms with Crippen LogP contribution >= 0.6 is 11.8 Å². The molecule has 0 spiro atoms. The van der Waals surface area contributed by atoms with E-state index in [-0.39, 0.29) is 11.9 Å². The third-order valence-corrected chi connectivity index (χ3v) is 4.66. The molecule has 1 aromatic carbocycles. The zero-order valence-electron chi connectivity index (χ0n) is 14.4.